The zero-order chi connectivity index (χ0) is 11.7. The van der Waals surface area contributed by atoms with E-state index in [1.54, 1.807) is 27.5 Å². The van der Waals surface area contributed by atoms with Gasteiger partial charge in [-0.3, -0.25) is 4.68 Å². The molecule has 0 saturated carbocycles. The molecule has 0 unspecified atom stereocenters. The van der Waals surface area contributed by atoms with E-state index in [9.17, 15) is 0 Å². The summed E-state index contributed by atoms with van der Waals surface area (Å²) in [6.45, 7) is 1.96. The van der Waals surface area contributed by atoms with Gasteiger partial charge in [-0.25, -0.2) is 9.67 Å². The van der Waals surface area contributed by atoms with E-state index >= 15 is 0 Å². The van der Waals surface area contributed by atoms with Crippen molar-refractivity contribution in [3.05, 3.63) is 22.7 Å². The van der Waals surface area contributed by atoms with Crippen LogP contribution in [0.15, 0.2) is 11.5 Å². The molecule has 86 valence electrons. The van der Waals surface area contributed by atoms with E-state index in [1.807, 2.05) is 21.0 Å². The van der Waals surface area contributed by atoms with Crippen molar-refractivity contribution in [1.82, 2.24) is 24.5 Å². The van der Waals surface area contributed by atoms with Gasteiger partial charge >= 0.3 is 0 Å². The van der Waals surface area contributed by atoms with E-state index in [4.69, 9.17) is 11.6 Å². The molecule has 2 aromatic heterocycles. The Labute approximate surface area is 103 Å². The van der Waals surface area contributed by atoms with Gasteiger partial charge in [0.05, 0.1) is 5.69 Å². The Kier molecular flexibility index (Phi) is 3.20. The van der Waals surface area contributed by atoms with Gasteiger partial charge in [-0.2, -0.15) is 10.2 Å². The second kappa shape index (κ2) is 4.47. The summed E-state index contributed by atoms with van der Waals surface area (Å²) >= 11 is 7.74. The van der Waals surface area contributed by atoms with Crippen LogP contribution in [-0.4, -0.2) is 24.5 Å². The maximum Gasteiger partial charge on any atom is 0.186 e. The topological polar surface area (TPSA) is 48.5 Å². The lowest BCUT2D eigenvalue weighted by atomic mass is 10.3. The van der Waals surface area contributed by atoms with Gasteiger partial charge in [-0.15, -0.1) is 0 Å². The molecule has 0 aliphatic heterocycles. The van der Waals surface area contributed by atoms with Gasteiger partial charge in [0, 0.05) is 25.4 Å². The first-order valence-corrected chi connectivity index (χ1v) is 6.10. The van der Waals surface area contributed by atoms with Crippen LogP contribution in [-0.2, 0) is 19.8 Å². The fourth-order valence-electron chi connectivity index (χ4n) is 1.39. The van der Waals surface area contributed by atoms with Crippen LogP contribution in [0.2, 0.25) is 5.15 Å². The van der Waals surface area contributed by atoms with Crippen molar-refractivity contribution in [1.29, 1.82) is 0 Å². The Morgan fingerprint density at radius 2 is 2.12 bits per heavy atom. The normalized spacial score (nSPS) is 11.0. The number of halogens is 1. The molecule has 2 heterocycles. The van der Waals surface area contributed by atoms with Crippen LogP contribution >= 0.6 is 23.4 Å². The molecule has 5 nitrogen and oxygen atoms in total. The van der Waals surface area contributed by atoms with Gasteiger partial charge in [-0.05, 0) is 6.92 Å². The number of aromatic nitrogens is 5. The predicted molar refractivity (Wildman–Crippen MR) is 63.5 cm³/mol. The highest BCUT2D eigenvalue weighted by molar-refractivity contribution is 7.98. The van der Waals surface area contributed by atoms with Crippen LogP contribution in [0.5, 0.6) is 0 Å². The second-order valence-corrected chi connectivity index (χ2v) is 4.73. The average molecular weight is 258 g/mol. The lowest BCUT2D eigenvalue weighted by Crippen LogP contribution is -1.93. The largest absolute Gasteiger partial charge is 0.257 e. The Bertz CT molecular complexity index is 504. The summed E-state index contributed by atoms with van der Waals surface area (Å²) in [4.78, 5) is 4.14. The van der Waals surface area contributed by atoms with Crippen LogP contribution in [0.4, 0.5) is 0 Å². The quantitative estimate of drug-likeness (QED) is 0.787. The van der Waals surface area contributed by atoms with Crippen LogP contribution in [0.1, 0.15) is 11.3 Å². The van der Waals surface area contributed by atoms with Crippen LogP contribution in [0.25, 0.3) is 0 Å². The van der Waals surface area contributed by atoms with Crippen molar-refractivity contribution in [2.45, 2.75) is 17.8 Å². The molecule has 0 aliphatic rings. The molecule has 0 N–H and O–H groups in total. The van der Waals surface area contributed by atoms with Gasteiger partial charge in [0.1, 0.15) is 11.5 Å². The molecule has 0 amide bonds. The van der Waals surface area contributed by atoms with Crippen molar-refractivity contribution in [3.63, 3.8) is 0 Å². The van der Waals surface area contributed by atoms with Gasteiger partial charge in [0.25, 0.3) is 0 Å². The Morgan fingerprint density at radius 1 is 1.38 bits per heavy atom. The minimum absolute atomic E-state index is 0.687. The Hall–Kier alpha value is -1.01. The molecule has 2 rings (SSSR count). The maximum atomic E-state index is 6.14. The summed E-state index contributed by atoms with van der Waals surface area (Å²) in [6.07, 6.45) is 1.54. The van der Waals surface area contributed by atoms with E-state index in [0.717, 1.165) is 22.2 Å². The zero-order valence-electron chi connectivity index (χ0n) is 9.31. The molecule has 2 aromatic rings. The number of rotatable bonds is 3. The zero-order valence-corrected chi connectivity index (χ0v) is 10.9. The molecule has 0 radical (unpaired) electrons. The number of hydrogen-bond donors (Lipinski definition) is 0. The van der Waals surface area contributed by atoms with Gasteiger partial charge < -0.3 is 0 Å². The van der Waals surface area contributed by atoms with Crippen molar-refractivity contribution in [2.75, 3.05) is 0 Å². The Morgan fingerprint density at radius 3 is 2.62 bits per heavy atom. The van der Waals surface area contributed by atoms with Crippen LogP contribution in [0, 0.1) is 6.92 Å². The molecule has 0 aliphatic carbocycles. The molecule has 0 fully saturated rings. The first-order chi connectivity index (χ1) is 7.59. The molecular weight excluding hydrogens is 246 g/mol. The van der Waals surface area contributed by atoms with E-state index < -0.39 is 0 Å². The van der Waals surface area contributed by atoms with E-state index in [0.29, 0.717) is 5.15 Å². The molecule has 7 heteroatoms. The summed E-state index contributed by atoms with van der Waals surface area (Å²) in [7, 11) is 3.71. The minimum Gasteiger partial charge on any atom is -0.257 e. The third-order valence-corrected chi connectivity index (χ3v) is 3.82. The third kappa shape index (κ3) is 2.08. The predicted octanol–water partition coefficient (Wildman–Crippen LogP) is 1.80. The first kappa shape index (κ1) is 11.5. The summed E-state index contributed by atoms with van der Waals surface area (Å²) < 4.78 is 3.42. The molecule has 0 spiro atoms. The summed E-state index contributed by atoms with van der Waals surface area (Å²) in [6, 6.07) is 0. The highest BCUT2D eigenvalue weighted by Gasteiger charge is 2.12. The number of thioether (sulfide) groups is 1. The third-order valence-electron chi connectivity index (χ3n) is 2.29. The summed E-state index contributed by atoms with van der Waals surface area (Å²) in [5, 5.41) is 9.83. The monoisotopic (exact) mass is 257 g/mol. The molecule has 0 aromatic carbocycles. The standard InChI is InChI=1S/C9H12ClN5S/c1-6-7(8(10)14(2)13-6)4-16-9-11-5-12-15(9)3/h5H,4H2,1-3H3. The van der Waals surface area contributed by atoms with Gasteiger partial charge in [-0.1, -0.05) is 23.4 Å². The summed E-state index contributed by atoms with van der Waals surface area (Å²) in [5.41, 5.74) is 2.01. The van der Waals surface area contributed by atoms with E-state index in [2.05, 4.69) is 15.2 Å². The number of hydrogen-bond acceptors (Lipinski definition) is 4. The molecule has 16 heavy (non-hydrogen) atoms. The van der Waals surface area contributed by atoms with Crippen LogP contribution in [0.3, 0.4) is 0 Å². The molecule has 0 atom stereocenters. The highest BCUT2D eigenvalue weighted by Crippen LogP contribution is 2.26. The van der Waals surface area contributed by atoms with E-state index in [-0.39, 0.29) is 0 Å². The smallest absolute Gasteiger partial charge is 0.186 e. The van der Waals surface area contributed by atoms with Crippen molar-refractivity contribution < 1.29 is 0 Å². The molecular formula is C9H12ClN5S. The van der Waals surface area contributed by atoms with Gasteiger partial charge in [0.2, 0.25) is 0 Å². The number of nitrogens with zero attached hydrogens (tertiary/aromatic N) is 5. The fraction of sp³-hybridized carbons (Fsp3) is 0.444. The van der Waals surface area contributed by atoms with Crippen molar-refractivity contribution >= 4 is 23.4 Å². The van der Waals surface area contributed by atoms with Crippen LogP contribution < -0.4 is 0 Å². The second-order valence-electron chi connectivity index (χ2n) is 3.43. The maximum absolute atomic E-state index is 6.14. The molecule has 0 saturated heterocycles. The summed E-state index contributed by atoms with van der Waals surface area (Å²) in [5.74, 6) is 0.755. The fourth-order valence-corrected chi connectivity index (χ4v) is 2.69. The highest BCUT2D eigenvalue weighted by atomic mass is 35.5. The first-order valence-electron chi connectivity index (χ1n) is 4.74. The lowest BCUT2D eigenvalue weighted by molar-refractivity contribution is 0.685. The number of aryl methyl sites for hydroxylation is 3. The van der Waals surface area contributed by atoms with Crippen molar-refractivity contribution in [2.24, 2.45) is 14.1 Å². The van der Waals surface area contributed by atoms with Gasteiger partial charge in [0.15, 0.2) is 5.16 Å². The molecule has 0 bridgehead atoms. The average Bonchev–Trinajstić information content (AvgIpc) is 2.72. The minimum atomic E-state index is 0.687. The van der Waals surface area contributed by atoms with E-state index in [1.165, 1.54) is 0 Å². The van der Waals surface area contributed by atoms with Crippen molar-refractivity contribution in [3.8, 4) is 0 Å². The SMILES string of the molecule is Cc1nn(C)c(Cl)c1CSc1ncnn1C. The lowest BCUT2D eigenvalue weighted by Gasteiger charge is -2.00. The Balaban J connectivity index is 2.13.